The number of nitriles is 1. The fourth-order valence-electron chi connectivity index (χ4n) is 2.06. The van der Waals surface area contributed by atoms with Gasteiger partial charge in [-0.2, -0.15) is 5.26 Å². The molecule has 0 aliphatic rings. The number of aryl methyl sites for hydroxylation is 1. The van der Waals surface area contributed by atoms with Gasteiger partial charge in [-0.25, -0.2) is 4.98 Å². The van der Waals surface area contributed by atoms with Crippen LogP contribution in [0.15, 0.2) is 40.9 Å². The van der Waals surface area contributed by atoms with Crippen LogP contribution >= 0.6 is 15.9 Å². The molecule has 0 aliphatic heterocycles. The molecule has 0 unspecified atom stereocenters. The van der Waals surface area contributed by atoms with Crippen molar-refractivity contribution in [2.24, 2.45) is 0 Å². The molecule has 0 saturated heterocycles. The maximum absolute atomic E-state index is 9.09. The fourth-order valence-corrected chi connectivity index (χ4v) is 2.74. The lowest BCUT2D eigenvalue weighted by Gasteiger charge is -2.01. The Morgan fingerprint density at radius 1 is 1.26 bits per heavy atom. The molecule has 0 bridgehead atoms. The van der Waals surface area contributed by atoms with Crippen LogP contribution in [0.1, 0.15) is 11.1 Å². The molecule has 2 aromatic carbocycles. The first-order chi connectivity index (χ1) is 9.19. The maximum Gasteiger partial charge on any atom is 0.139 e. The number of H-pyrrole nitrogens is 1. The van der Waals surface area contributed by atoms with Crippen molar-refractivity contribution < 1.29 is 0 Å². The zero-order valence-corrected chi connectivity index (χ0v) is 11.8. The number of benzene rings is 2. The van der Waals surface area contributed by atoms with Crippen LogP contribution in [0.25, 0.3) is 22.4 Å². The number of nitrogens with zero attached hydrogens (tertiary/aromatic N) is 2. The largest absolute Gasteiger partial charge is 0.338 e. The number of nitrogens with one attached hydrogen (secondary N) is 1. The summed E-state index contributed by atoms with van der Waals surface area (Å²) in [5, 5.41) is 9.09. The number of hydrogen-bond acceptors (Lipinski definition) is 2. The highest BCUT2D eigenvalue weighted by molar-refractivity contribution is 9.10. The van der Waals surface area contributed by atoms with Crippen molar-refractivity contribution in [1.29, 1.82) is 5.26 Å². The van der Waals surface area contributed by atoms with Crippen molar-refractivity contribution in [3.8, 4) is 17.5 Å². The van der Waals surface area contributed by atoms with Gasteiger partial charge in [0.05, 0.1) is 11.1 Å². The molecule has 0 atom stereocenters. The lowest BCUT2D eigenvalue weighted by molar-refractivity contribution is 1.32. The third kappa shape index (κ3) is 2.02. The molecule has 0 saturated carbocycles. The van der Waals surface area contributed by atoms with Crippen molar-refractivity contribution in [3.63, 3.8) is 0 Å². The summed E-state index contributed by atoms with van der Waals surface area (Å²) in [6.45, 7) is 2.04. The first kappa shape index (κ1) is 11.9. The molecule has 0 amide bonds. The summed E-state index contributed by atoms with van der Waals surface area (Å²) in [6.07, 6.45) is 0. The number of aromatic nitrogens is 2. The topological polar surface area (TPSA) is 52.5 Å². The predicted octanol–water partition coefficient (Wildman–Crippen LogP) is 4.17. The van der Waals surface area contributed by atoms with E-state index in [0.717, 1.165) is 21.4 Å². The Morgan fingerprint density at radius 3 is 2.84 bits per heavy atom. The summed E-state index contributed by atoms with van der Waals surface area (Å²) in [4.78, 5) is 7.79. The summed E-state index contributed by atoms with van der Waals surface area (Å²) in [6, 6.07) is 13.8. The van der Waals surface area contributed by atoms with Crippen LogP contribution in [-0.2, 0) is 0 Å². The van der Waals surface area contributed by atoms with Crippen molar-refractivity contribution in [2.45, 2.75) is 6.92 Å². The van der Waals surface area contributed by atoms with Gasteiger partial charge in [0.15, 0.2) is 0 Å². The molecule has 0 fully saturated rings. The summed E-state index contributed by atoms with van der Waals surface area (Å²) in [5.41, 5.74) is 4.35. The van der Waals surface area contributed by atoms with Crippen LogP contribution in [0.2, 0.25) is 0 Å². The van der Waals surface area contributed by atoms with Gasteiger partial charge in [-0.3, -0.25) is 0 Å². The number of para-hydroxylation sites is 1. The Kier molecular flexibility index (Phi) is 2.84. The summed E-state index contributed by atoms with van der Waals surface area (Å²) >= 11 is 3.55. The second kappa shape index (κ2) is 4.52. The zero-order valence-electron chi connectivity index (χ0n) is 10.2. The van der Waals surface area contributed by atoms with Crippen molar-refractivity contribution in [1.82, 2.24) is 9.97 Å². The number of aromatic amines is 1. The van der Waals surface area contributed by atoms with Gasteiger partial charge in [0.1, 0.15) is 17.4 Å². The van der Waals surface area contributed by atoms with Gasteiger partial charge >= 0.3 is 0 Å². The van der Waals surface area contributed by atoms with Gasteiger partial charge in [0, 0.05) is 10.0 Å². The van der Waals surface area contributed by atoms with E-state index in [1.54, 1.807) is 6.07 Å². The molecule has 3 nitrogen and oxygen atoms in total. The van der Waals surface area contributed by atoms with Crippen LogP contribution in [0.5, 0.6) is 0 Å². The quantitative estimate of drug-likeness (QED) is 0.733. The predicted molar refractivity (Wildman–Crippen MR) is 78.7 cm³/mol. The Morgan fingerprint density at radius 2 is 2.11 bits per heavy atom. The van der Waals surface area contributed by atoms with Crippen LogP contribution in [0.4, 0.5) is 0 Å². The van der Waals surface area contributed by atoms with E-state index < -0.39 is 0 Å². The molecule has 1 aromatic heterocycles. The molecular formula is C15H10BrN3. The van der Waals surface area contributed by atoms with Crippen LogP contribution in [0.3, 0.4) is 0 Å². The van der Waals surface area contributed by atoms with E-state index in [-0.39, 0.29) is 0 Å². The molecule has 4 heteroatoms. The highest BCUT2D eigenvalue weighted by Crippen LogP contribution is 2.29. The van der Waals surface area contributed by atoms with Crippen molar-refractivity contribution >= 4 is 27.0 Å². The minimum Gasteiger partial charge on any atom is -0.338 e. The lowest BCUT2D eigenvalue weighted by Crippen LogP contribution is -1.83. The number of hydrogen-bond donors (Lipinski definition) is 1. The molecule has 92 valence electrons. The number of imidazole rings is 1. The molecule has 1 heterocycles. The van der Waals surface area contributed by atoms with E-state index in [4.69, 9.17) is 5.26 Å². The Labute approximate surface area is 119 Å². The standard InChI is InChI=1S/C15H10BrN3/c1-9-5-6-11(12(16)7-9)15-18-13-4-2-3-10(8-17)14(13)19-15/h2-7H,1H3,(H,18,19). The molecule has 0 radical (unpaired) electrons. The normalized spacial score (nSPS) is 10.6. The SMILES string of the molecule is Cc1ccc(-c2nc3c(C#N)cccc3[nH]2)c(Br)c1. The van der Waals surface area contributed by atoms with Crippen LogP contribution < -0.4 is 0 Å². The molecule has 1 N–H and O–H groups in total. The monoisotopic (exact) mass is 311 g/mol. The van der Waals surface area contributed by atoms with E-state index in [9.17, 15) is 0 Å². The molecule has 0 spiro atoms. The van der Waals surface area contributed by atoms with E-state index in [2.05, 4.69) is 32.0 Å². The van der Waals surface area contributed by atoms with Gasteiger partial charge in [-0.15, -0.1) is 0 Å². The van der Waals surface area contributed by atoms with E-state index in [0.29, 0.717) is 11.1 Å². The van der Waals surface area contributed by atoms with Gasteiger partial charge < -0.3 is 4.98 Å². The minimum atomic E-state index is 0.586. The van der Waals surface area contributed by atoms with Crippen molar-refractivity contribution in [2.75, 3.05) is 0 Å². The molecule has 3 rings (SSSR count). The van der Waals surface area contributed by atoms with Crippen LogP contribution in [-0.4, -0.2) is 9.97 Å². The maximum atomic E-state index is 9.09. The second-order valence-corrected chi connectivity index (χ2v) is 5.24. The minimum absolute atomic E-state index is 0.586. The summed E-state index contributed by atoms with van der Waals surface area (Å²) in [7, 11) is 0. The van der Waals surface area contributed by atoms with Gasteiger partial charge in [-0.1, -0.05) is 28.1 Å². The fraction of sp³-hybridized carbons (Fsp3) is 0.0667. The summed E-state index contributed by atoms with van der Waals surface area (Å²) in [5.74, 6) is 0.768. The zero-order chi connectivity index (χ0) is 13.4. The smallest absolute Gasteiger partial charge is 0.139 e. The Balaban J connectivity index is 2.24. The molecule has 19 heavy (non-hydrogen) atoms. The van der Waals surface area contributed by atoms with Gasteiger partial charge in [0.2, 0.25) is 0 Å². The average Bonchev–Trinajstić information content (AvgIpc) is 2.81. The number of rotatable bonds is 1. The summed E-state index contributed by atoms with van der Waals surface area (Å²) < 4.78 is 0.991. The first-order valence-corrected chi connectivity index (χ1v) is 6.63. The highest BCUT2D eigenvalue weighted by Gasteiger charge is 2.10. The number of fused-ring (bicyclic) bond motifs is 1. The first-order valence-electron chi connectivity index (χ1n) is 5.84. The average molecular weight is 312 g/mol. The van der Waals surface area contributed by atoms with Crippen molar-refractivity contribution in [3.05, 3.63) is 52.0 Å². The molecular weight excluding hydrogens is 302 g/mol. The second-order valence-electron chi connectivity index (χ2n) is 4.38. The third-order valence-electron chi connectivity index (χ3n) is 3.01. The lowest BCUT2D eigenvalue weighted by atomic mass is 10.1. The highest BCUT2D eigenvalue weighted by atomic mass is 79.9. The van der Waals surface area contributed by atoms with Gasteiger partial charge in [0.25, 0.3) is 0 Å². The Hall–Kier alpha value is -2.12. The number of halogens is 1. The Bertz CT molecular complexity index is 812. The van der Waals surface area contributed by atoms with Crippen LogP contribution in [0, 0.1) is 18.3 Å². The van der Waals surface area contributed by atoms with E-state index in [1.807, 2.05) is 37.3 Å². The van der Waals surface area contributed by atoms with E-state index >= 15 is 0 Å². The molecule has 0 aliphatic carbocycles. The third-order valence-corrected chi connectivity index (χ3v) is 3.67. The molecule has 3 aromatic rings. The van der Waals surface area contributed by atoms with Gasteiger partial charge in [-0.05, 0) is 36.8 Å². The van der Waals surface area contributed by atoms with E-state index in [1.165, 1.54) is 5.56 Å².